The minimum atomic E-state index is -1.38. The Morgan fingerprint density at radius 1 is 1.53 bits per heavy atom. The van der Waals surface area contributed by atoms with Crippen molar-refractivity contribution in [2.75, 3.05) is 13.2 Å². The zero-order chi connectivity index (χ0) is 11.4. The molecule has 6 nitrogen and oxygen atoms in total. The van der Waals surface area contributed by atoms with Crippen LogP contribution in [0.3, 0.4) is 0 Å². The number of hydrogen-bond donors (Lipinski definition) is 2. The average Bonchev–Trinajstić information content (AvgIpc) is 2.51. The highest BCUT2D eigenvalue weighted by molar-refractivity contribution is 6.09. The lowest BCUT2D eigenvalue weighted by Gasteiger charge is -2.12. The molecular formula is C9H14O6. The molecule has 0 aliphatic carbocycles. The molecule has 86 valence electrons. The summed E-state index contributed by atoms with van der Waals surface area (Å²) in [6.07, 6.45) is -3.26. The Morgan fingerprint density at radius 2 is 2.20 bits per heavy atom. The number of carbonyl (C=O) groups excluding carboxylic acids is 2. The molecule has 1 aliphatic rings. The monoisotopic (exact) mass is 218 g/mol. The van der Waals surface area contributed by atoms with Crippen molar-refractivity contribution in [1.29, 1.82) is 0 Å². The Labute approximate surface area is 86.8 Å². The largest absolute Gasteiger partial charge is 0.449 e. The van der Waals surface area contributed by atoms with Crippen LogP contribution in [0.4, 0.5) is 0 Å². The maximum atomic E-state index is 11.5. The number of ether oxygens (including phenoxy) is 2. The van der Waals surface area contributed by atoms with Crippen molar-refractivity contribution < 1.29 is 29.3 Å². The Morgan fingerprint density at radius 3 is 2.73 bits per heavy atom. The van der Waals surface area contributed by atoms with Gasteiger partial charge < -0.3 is 19.7 Å². The van der Waals surface area contributed by atoms with Gasteiger partial charge in [-0.05, 0) is 6.42 Å². The molecular weight excluding hydrogens is 204 g/mol. The zero-order valence-corrected chi connectivity index (χ0v) is 8.38. The molecule has 0 spiro atoms. The molecule has 0 aromatic heterocycles. The number of aliphatic hydroxyl groups is 2. The van der Waals surface area contributed by atoms with Gasteiger partial charge >= 0.3 is 5.97 Å². The summed E-state index contributed by atoms with van der Waals surface area (Å²) in [7, 11) is 0. The van der Waals surface area contributed by atoms with E-state index in [1.54, 1.807) is 0 Å². The lowest BCUT2D eigenvalue weighted by molar-refractivity contribution is -0.153. The third-order valence-electron chi connectivity index (χ3n) is 2.02. The van der Waals surface area contributed by atoms with Crippen molar-refractivity contribution in [2.24, 2.45) is 0 Å². The third-order valence-corrected chi connectivity index (χ3v) is 2.02. The fourth-order valence-electron chi connectivity index (χ4n) is 1.26. The van der Waals surface area contributed by atoms with E-state index in [-0.39, 0.29) is 6.61 Å². The smallest absolute Gasteiger partial charge is 0.344 e. The minimum Gasteiger partial charge on any atom is -0.449 e. The summed E-state index contributed by atoms with van der Waals surface area (Å²) in [5.41, 5.74) is 0. The molecule has 0 aromatic carbocycles. The third kappa shape index (κ3) is 2.53. The number of ketones is 1. The molecule has 1 fully saturated rings. The van der Waals surface area contributed by atoms with Gasteiger partial charge in [0.1, 0.15) is 6.10 Å². The van der Waals surface area contributed by atoms with Crippen molar-refractivity contribution >= 4 is 11.8 Å². The first-order valence-corrected chi connectivity index (χ1v) is 4.76. The number of hydrogen-bond acceptors (Lipinski definition) is 6. The molecule has 1 unspecified atom stereocenters. The number of carbonyl (C=O) groups is 2. The highest BCUT2D eigenvalue weighted by atomic mass is 16.6. The summed E-state index contributed by atoms with van der Waals surface area (Å²) in [5, 5.41) is 17.8. The van der Waals surface area contributed by atoms with Gasteiger partial charge in [-0.1, -0.05) is 6.92 Å². The van der Waals surface area contributed by atoms with Crippen molar-refractivity contribution in [1.82, 2.24) is 0 Å². The van der Waals surface area contributed by atoms with Crippen LogP contribution < -0.4 is 0 Å². The summed E-state index contributed by atoms with van der Waals surface area (Å²) in [4.78, 5) is 22.6. The first-order valence-electron chi connectivity index (χ1n) is 4.76. The fourth-order valence-corrected chi connectivity index (χ4v) is 1.26. The van der Waals surface area contributed by atoms with Gasteiger partial charge in [-0.15, -0.1) is 0 Å². The molecule has 15 heavy (non-hydrogen) atoms. The molecule has 0 aromatic rings. The molecule has 3 atom stereocenters. The van der Waals surface area contributed by atoms with Crippen molar-refractivity contribution in [3.05, 3.63) is 0 Å². The Hall–Kier alpha value is -0.980. The van der Waals surface area contributed by atoms with Crippen LogP contribution in [0.25, 0.3) is 0 Å². The highest BCUT2D eigenvalue weighted by Crippen LogP contribution is 2.17. The standard InChI is InChI=1S/C9H14O6/c1-2-3-14-8-6(12)7(5(11)4-10)15-9(8)13/h5,7-8,10-11H,2-4H2,1H3/t5-,7+,8?/m0/s1. The Bertz CT molecular complexity index is 251. The summed E-state index contributed by atoms with van der Waals surface area (Å²) in [6.45, 7) is 1.47. The van der Waals surface area contributed by atoms with Gasteiger partial charge in [-0.3, -0.25) is 4.79 Å². The number of esters is 1. The van der Waals surface area contributed by atoms with Gasteiger partial charge in [-0.2, -0.15) is 0 Å². The van der Waals surface area contributed by atoms with Crippen molar-refractivity contribution in [2.45, 2.75) is 31.7 Å². The Balaban J connectivity index is 2.62. The van der Waals surface area contributed by atoms with Gasteiger partial charge in [0.25, 0.3) is 0 Å². The second-order valence-electron chi connectivity index (χ2n) is 3.26. The van der Waals surface area contributed by atoms with Gasteiger partial charge in [-0.25, -0.2) is 4.79 Å². The maximum Gasteiger partial charge on any atom is 0.344 e. The SMILES string of the molecule is CCCOC1C(=O)O[C@H]([C@@H](O)CO)C1=O. The molecule has 0 saturated carbocycles. The van der Waals surface area contributed by atoms with Crippen LogP contribution in [0.2, 0.25) is 0 Å². The van der Waals surface area contributed by atoms with Gasteiger partial charge in [0, 0.05) is 6.61 Å². The van der Waals surface area contributed by atoms with Crippen LogP contribution in [0.1, 0.15) is 13.3 Å². The van der Waals surface area contributed by atoms with E-state index in [2.05, 4.69) is 4.74 Å². The molecule has 1 rings (SSSR count). The number of aliphatic hydroxyl groups excluding tert-OH is 2. The average molecular weight is 218 g/mol. The summed E-state index contributed by atoms with van der Waals surface area (Å²) >= 11 is 0. The number of Topliss-reactive ketones (excluding diaryl/α,β-unsaturated/α-hetero) is 1. The van der Waals surface area contributed by atoms with Crippen LogP contribution in [0.15, 0.2) is 0 Å². The van der Waals surface area contributed by atoms with E-state index in [1.165, 1.54) is 0 Å². The van der Waals surface area contributed by atoms with Crippen molar-refractivity contribution in [3.63, 3.8) is 0 Å². The van der Waals surface area contributed by atoms with Crippen LogP contribution in [-0.2, 0) is 19.1 Å². The van der Waals surface area contributed by atoms with Gasteiger partial charge in [0.2, 0.25) is 11.9 Å². The number of rotatable bonds is 5. The fraction of sp³-hybridized carbons (Fsp3) is 0.778. The molecule has 2 N–H and O–H groups in total. The van der Waals surface area contributed by atoms with E-state index in [1.807, 2.05) is 6.92 Å². The maximum absolute atomic E-state index is 11.5. The zero-order valence-electron chi connectivity index (χ0n) is 8.38. The second-order valence-corrected chi connectivity index (χ2v) is 3.26. The summed E-state index contributed by atoms with van der Waals surface area (Å²) < 4.78 is 9.60. The lowest BCUT2D eigenvalue weighted by Crippen LogP contribution is -2.37. The van der Waals surface area contributed by atoms with Crippen LogP contribution in [0.5, 0.6) is 0 Å². The molecule has 0 amide bonds. The van der Waals surface area contributed by atoms with E-state index in [9.17, 15) is 14.7 Å². The quantitative estimate of drug-likeness (QED) is 0.437. The molecule has 1 heterocycles. The topological polar surface area (TPSA) is 93.1 Å². The normalized spacial score (nSPS) is 27.9. The predicted octanol–water partition coefficient (Wildman–Crippen LogP) is -1.37. The first-order chi connectivity index (χ1) is 7.11. The lowest BCUT2D eigenvalue weighted by atomic mass is 10.1. The first kappa shape index (κ1) is 12.1. The molecule has 0 radical (unpaired) electrons. The molecule has 1 aliphatic heterocycles. The van der Waals surface area contributed by atoms with E-state index in [0.29, 0.717) is 6.42 Å². The molecule has 1 saturated heterocycles. The summed E-state index contributed by atoms with van der Waals surface area (Å²) in [6, 6.07) is 0. The van der Waals surface area contributed by atoms with Crippen LogP contribution in [0, 0.1) is 0 Å². The van der Waals surface area contributed by atoms with Gasteiger partial charge in [0.15, 0.2) is 6.10 Å². The van der Waals surface area contributed by atoms with E-state index < -0.39 is 36.7 Å². The van der Waals surface area contributed by atoms with E-state index in [4.69, 9.17) is 9.84 Å². The second kappa shape index (κ2) is 5.20. The molecule has 6 heteroatoms. The molecule has 0 bridgehead atoms. The van der Waals surface area contributed by atoms with Gasteiger partial charge in [0.05, 0.1) is 6.61 Å². The van der Waals surface area contributed by atoms with E-state index in [0.717, 1.165) is 0 Å². The minimum absolute atomic E-state index is 0.271. The Kier molecular flexibility index (Phi) is 4.19. The van der Waals surface area contributed by atoms with Crippen molar-refractivity contribution in [3.8, 4) is 0 Å². The number of cyclic esters (lactones) is 1. The predicted molar refractivity (Wildman–Crippen MR) is 48.0 cm³/mol. The van der Waals surface area contributed by atoms with Crippen LogP contribution in [-0.4, -0.2) is 53.5 Å². The highest BCUT2D eigenvalue weighted by Gasteiger charge is 2.47. The van der Waals surface area contributed by atoms with Crippen LogP contribution >= 0.6 is 0 Å². The summed E-state index contributed by atoms with van der Waals surface area (Å²) in [5.74, 6) is -1.43. The van der Waals surface area contributed by atoms with E-state index >= 15 is 0 Å².